The van der Waals surface area contributed by atoms with Crippen LogP contribution in [0.15, 0.2) is 35.9 Å². The minimum absolute atomic E-state index is 0.0371. The summed E-state index contributed by atoms with van der Waals surface area (Å²) < 4.78 is 4.85. The van der Waals surface area contributed by atoms with Gasteiger partial charge in [-0.3, -0.25) is 19.2 Å². The lowest BCUT2D eigenvalue weighted by molar-refractivity contribution is -0.140. The molecule has 0 spiro atoms. The molecule has 3 fully saturated rings. The number of likely N-dealkylation sites (tertiary alicyclic amines) is 2. The highest BCUT2D eigenvalue weighted by Gasteiger charge is 2.53. The molecule has 39 heavy (non-hydrogen) atoms. The molecule has 4 aliphatic heterocycles. The van der Waals surface area contributed by atoms with Crippen LogP contribution >= 0.6 is 0 Å². The number of fused-ring (bicyclic) bond motifs is 1. The average molecular weight is 538 g/mol. The maximum Gasteiger partial charge on any atom is 0.343 e. The van der Waals surface area contributed by atoms with Crippen LogP contribution in [0, 0.1) is 5.92 Å². The van der Waals surface area contributed by atoms with Crippen molar-refractivity contribution in [1.82, 2.24) is 20.4 Å². The Morgan fingerprint density at radius 3 is 2.41 bits per heavy atom. The lowest BCUT2D eigenvalue weighted by Gasteiger charge is -2.30. The van der Waals surface area contributed by atoms with Gasteiger partial charge in [0.05, 0.1) is 12.6 Å². The standard InChI is InChI=1S/C28H35N5O6/c1-17(2)15-21(30-25(35)18-3-5-19(6-4-18)31-12-9-29-10-13-31)27(37)32-11-7-22-24(32)23(34)16-33(22)26(36)20-8-14-39-28(20)38/h3-6,8,17,21-22,24,29H,7,9-16H2,1-2H3,(H,30,35). The Balaban J connectivity index is 1.27. The average Bonchev–Trinajstić information content (AvgIpc) is 3.64. The fraction of sp³-hybridized carbons (Fsp3) is 0.536. The first-order valence-electron chi connectivity index (χ1n) is 13.6. The number of piperazine rings is 1. The topological polar surface area (TPSA) is 128 Å². The third kappa shape index (κ3) is 5.40. The molecule has 1 aromatic rings. The van der Waals surface area contributed by atoms with Crippen LogP contribution in [0.25, 0.3) is 0 Å². The van der Waals surface area contributed by atoms with Crippen molar-refractivity contribution in [3.8, 4) is 0 Å². The zero-order chi connectivity index (χ0) is 27.7. The summed E-state index contributed by atoms with van der Waals surface area (Å²) in [6.07, 6.45) is 2.25. The molecule has 0 radical (unpaired) electrons. The number of ketones is 1. The molecule has 0 bridgehead atoms. The van der Waals surface area contributed by atoms with Crippen molar-refractivity contribution in [2.45, 2.75) is 44.8 Å². The van der Waals surface area contributed by atoms with Crippen LogP contribution in [-0.4, -0.2) is 103 Å². The Bertz CT molecular complexity index is 1190. The van der Waals surface area contributed by atoms with Gasteiger partial charge in [-0.1, -0.05) is 13.8 Å². The van der Waals surface area contributed by atoms with Crippen LogP contribution in [-0.2, 0) is 23.9 Å². The second-order valence-electron chi connectivity index (χ2n) is 10.9. The van der Waals surface area contributed by atoms with E-state index in [1.165, 1.54) is 15.9 Å². The van der Waals surface area contributed by atoms with Crippen LogP contribution in [0.1, 0.15) is 37.0 Å². The zero-order valence-electron chi connectivity index (χ0n) is 22.4. The van der Waals surface area contributed by atoms with Gasteiger partial charge in [-0.05, 0) is 49.1 Å². The number of esters is 1. The molecule has 2 N–H and O–H groups in total. The van der Waals surface area contributed by atoms with E-state index in [4.69, 9.17) is 4.74 Å². The van der Waals surface area contributed by atoms with Gasteiger partial charge in [-0.2, -0.15) is 0 Å². The van der Waals surface area contributed by atoms with Crippen molar-refractivity contribution in [2.24, 2.45) is 5.92 Å². The van der Waals surface area contributed by atoms with Gasteiger partial charge in [0.25, 0.3) is 11.8 Å². The highest BCUT2D eigenvalue weighted by Crippen LogP contribution is 2.32. The first-order chi connectivity index (χ1) is 18.7. The molecule has 4 heterocycles. The lowest BCUT2D eigenvalue weighted by atomic mass is 10.0. The quantitative estimate of drug-likeness (QED) is 0.371. The largest absolute Gasteiger partial charge is 0.458 e. The summed E-state index contributed by atoms with van der Waals surface area (Å²) in [6.45, 7) is 7.73. The second kappa shape index (κ2) is 11.2. The molecule has 0 aromatic heterocycles. The normalized spacial score (nSPS) is 23.6. The van der Waals surface area contributed by atoms with Crippen LogP contribution in [0.3, 0.4) is 0 Å². The number of cyclic esters (lactones) is 1. The molecule has 3 amide bonds. The van der Waals surface area contributed by atoms with Crippen molar-refractivity contribution in [3.63, 3.8) is 0 Å². The van der Waals surface area contributed by atoms with Gasteiger partial charge in [0.15, 0.2) is 5.78 Å². The molecule has 3 unspecified atom stereocenters. The Hall–Kier alpha value is -3.73. The number of nitrogens with zero attached hydrogens (tertiary/aromatic N) is 3. The Labute approximate surface area is 227 Å². The Morgan fingerprint density at radius 2 is 1.77 bits per heavy atom. The fourth-order valence-electron chi connectivity index (χ4n) is 5.91. The summed E-state index contributed by atoms with van der Waals surface area (Å²) in [5, 5.41) is 6.22. The first kappa shape index (κ1) is 26.9. The SMILES string of the molecule is CC(C)CC(NC(=O)c1ccc(N2CCNCC2)cc1)C(=O)N1CCC2C1C(=O)CN2C(=O)C1=CCOC1=O. The first-order valence-corrected chi connectivity index (χ1v) is 13.6. The number of benzene rings is 1. The van der Waals surface area contributed by atoms with Gasteiger partial charge in [0, 0.05) is 44.0 Å². The third-order valence-corrected chi connectivity index (χ3v) is 7.84. The van der Waals surface area contributed by atoms with Crippen molar-refractivity contribution in [1.29, 1.82) is 0 Å². The highest BCUT2D eigenvalue weighted by molar-refractivity contribution is 6.18. The highest BCUT2D eigenvalue weighted by atomic mass is 16.5. The van der Waals surface area contributed by atoms with E-state index in [-0.39, 0.29) is 48.8 Å². The number of Topliss-reactive ketones (excluding diaryl/α,β-unsaturated/α-hetero) is 1. The molecule has 3 atom stereocenters. The number of hydrogen-bond acceptors (Lipinski definition) is 8. The number of hydrogen-bond donors (Lipinski definition) is 2. The number of amides is 3. The fourth-order valence-corrected chi connectivity index (χ4v) is 5.91. The zero-order valence-corrected chi connectivity index (χ0v) is 22.4. The maximum atomic E-state index is 13.7. The minimum Gasteiger partial charge on any atom is -0.458 e. The summed E-state index contributed by atoms with van der Waals surface area (Å²) in [7, 11) is 0. The molecule has 5 rings (SSSR count). The summed E-state index contributed by atoms with van der Waals surface area (Å²) in [5.74, 6) is -2.04. The predicted molar refractivity (Wildman–Crippen MR) is 142 cm³/mol. The number of carbonyl (C=O) groups excluding carboxylic acids is 5. The van der Waals surface area contributed by atoms with Crippen molar-refractivity contribution >= 4 is 35.2 Å². The summed E-state index contributed by atoms with van der Waals surface area (Å²) >= 11 is 0. The van der Waals surface area contributed by atoms with Gasteiger partial charge in [-0.15, -0.1) is 0 Å². The molecule has 208 valence electrons. The van der Waals surface area contributed by atoms with E-state index in [1.54, 1.807) is 12.1 Å². The van der Waals surface area contributed by atoms with Crippen LogP contribution in [0.4, 0.5) is 5.69 Å². The number of nitrogens with one attached hydrogen (secondary N) is 2. The van der Waals surface area contributed by atoms with Crippen LogP contribution in [0.2, 0.25) is 0 Å². The van der Waals surface area contributed by atoms with Gasteiger partial charge in [-0.25, -0.2) is 4.79 Å². The minimum atomic E-state index is -0.811. The number of anilines is 1. The van der Waals surface area contributed by atoms with E-state index in [9.17, 15) is 24.0 Å². The molecule has 11 nitrogen and oxygen atoms in total. The number of carbonyl (C=O) groups is 5. The summed E-state index contributed by atoms with van der Waals surface area (Å²) in [6, 6.07) is 5.27. The van der Waals surface area contributed by atoms with E-state index in [0.29, 0.717) is 18.4 Å². The number of ether oxygens (including phenoxy) is 1. The molecule has 0 saturated carbocycles. The number of rotatable bonds is 7. The van der Waals surface area contributed by atoms with E-state index >= 15 is 0 Å². The maximum absolute atomic E-state index is 13.7. The molecular weight excluding hydrogens is 502 g/mol. The van der Waals surface area contributed by atoms with E-state index in [2.05, 4.69) is 15.5 Å². The van der Waals surface area contributed by atoms with E-state index in [0.717, 1.165) is 31.9 Å². The van der Waals surface area contributed by atoms with Gasteiger partial charge < -0.3 is 30.1 Å². The van der Waals surface area contributed by atoms with Crippen LogP contribution in [0.5, 0.6) is 0 Å². The molecule has 1 aromatic carbocycles. The summed E-state index contributed by atoms with van der Waals surface area (Å²) in [5.41, 5.74) is 1.44. The molecule has 3 saturated heterocycles. The molecule has 11 heteroatoms. The van der Waals surface area contributed by atoms with Crippen molar-refractivity contribution in [2.75, 3.05) is 50.8 Å². The predicted octanol–water partition coefficient (Wildman–Crippen LogP) is 0.105. The van der Waals surface area contributed by atoms with Gasteiger partial charge >= 0.3 is 5.97 Å². The molecule has 0 aliphatic carbocycles. The Kier molecular flexibility index (Phi) is 7.69. The summed E-state index contributed by atoms with van der Waals surface area (Å²) in [4.78, 5) is 69.9. The molecular formula is C28H35N5O6. The second-order valence-corrected chi connectivity index (χ2v) is 10.9. The Morgan fingerprint density at radius 1 is 1.05 bits per heavy atom. The van der Waals surface area contributed by atoms with Gasteiger partial charge in [0.2, 0.25) is 5.91 Å². The smallest absolute Gasteiger partial charge is 0.343 e. The monoisotopic (exact) mass is 537 g/mol. The third-order valence-electron chi connectivity index (χ3n) is 7.84. The molecule has 4 aliphatic rings. The van der Waals surface area contributed by atoms with Gasteiger partial charge in [0.1, 0.15) is 24.3 Å². The van der Waals surface area contributed by atoms with E-state index < -0.39 is 30.0 Å². The van der Waals surface area contributed by atoms with Crippen molar-refractivity contribution in [3.05, 3.63) is 41.5 Å². The van der Waals surface area contributed by atoms with Crippen LogP contribution < -0.4 is 15.5 Å². The lowest BCUT2D eigenvalue weighted by Crippen LogP contribution is -2.53. The van der Waals surface area contributed by atoms with Crippen molar-refractivity contribution < 1.29 is 28.7 Å². The van der Waals surface area contributed by atoms with E-state index in [1.807, 2.05) is 26.0 Å².